The van der Waals surface area contributed by atoms with E-state index in [-0.39, 0.29) is 5.41 Å². The van der Waals surface area contributed by atoms with Crippen molar-refractivity contribution < 1.29 is 5.11 Å². The van der Waals surface area contributed by atoms with Crippen LogP contribution in [0.25, 0.3) is 0 Å². The smallest absolute Gasteiger partial charge is 0.118 e. The molecule has 1 aromatic carbocycles. The van der Waals surface area contributed by atoms with Gasteiger partial charge in [-0.25, -0.2) is 0 Å². The van der Waals surface area contributed by atoms with E-state index in [0.29, 0.717) is 11.2 Å². The average molecular weight is 272 g/mol. The fourth-order valence-corrected chi connectivity index (χ4v) is 4.81. The fourth-order valence-electron chi connectivity index (χ4n) is 4.81. The van der Waals surface area contributed by atoms with Crippen molar-refractivity contribution in [3.05, 3.63) is 28.8 Å². The summed E-state index contributed by atoms with van der Waals surface area (Å²) in [6, 6.07) is 4.16. The van der Waals surface area contributed by atoms with Crippen molar-refractivity contribution in [3.8, 4) is 5.75 Å². The third-order valence-corrected chi connectivity index (χ3v) is 6.10. The number of aromatic hydroxyl groups is 1. The number of rotatable bonds is 2. The first-order valence-corrected chi connectivity index (χ1v) is 8.30. The standard InChI is InChI=1S/C19H28O/c1-14-16(20)9-8-15(18(2)10-4-5-11-18)17(14)19(3)12-6-7-13-19/h8-9,20H,4-7,10-13H2,1-3H3. The zero-order valence-corrected chi connectivity index (χ0v) is 13.3. The molecule has 1 aromatic rings. The van der Waals surface area contributed by atoms with E-state index < -0.39 is 0 Å². The second kappa shape index (κ2) is 4.79. The Morgan fingerprint density at radius 3 is 1.90 bits per heavy atom. The van der Waals surface area contributed by atoms with Crippen LogP contribution in [0.2, 0.25) is 0 Å². The van der Waals surface area contributed by atoms with Crippen molar-refractivity contribution in [1.82, 2.24) is 0 Å². The maximum Gasteiger partial charge on any atom is 0.118 e. The summed E-state index contributed by atoms with van der Waals surface area (Å²) in [5.41, 5.74) is 4.78. The van der Waals surface area contributed by atoms with Gasteiger partial charge in [-0.3, -0.25) is 0 Å². The van der Waals surface area contributed by atoms with E-state index in [1.54, 1.807) is 0 Å². The highest BCUT2D eigenvalue weighted by Gasteiger charge is 2.40. The molecule has 0 spiro atoms. The molecule has 3 rings (SSSR count). The predicted octanol–water partition coefficient (Wildman–Crippen LogP) is 5.36. The van der Waals surface area contributed by atoms with Gasteiger partial charge in [0.25, 0.3) is 0 Å². The minimum absolute atomic E-state index is 0.282. The number of phenolic OH excluding ortho intramolecular Hbond substituents is 1. The summed E-state index contributed by atoms with van der Waals surface area (Å²) in [7, 11) is 0. The van der Waals surface area contributed by atoms with Gasteiger partial charge in [0, 0.05) is 0 Å². The highest BCUT2D eigenvalue weighted by Crippen LogP contribution is 2.51. The Hall–Kier alpha value is -0.980. The molecular weight excluding hydrogens is 244 g/mol. The number of benzene rings is 1. The molecule has 0 aromatic heterocycles. The van der Waals surface area contributed by atoms with Crippen LogP contribution in [0.15, 0.2) is 12.1 Å². The Morgan fingerprint density at radius 2 is 1.35 bits per heavy atom. The molecule has 0 radical (unpaired) electrons. The molecule has 0 atom stereocenters. The summed E-state index contributed by atoms with van der Waals surface area (Å²) in [6.45, 7) is 6.98. The Kier molecular flexibility index (Phi) is 3.35. The van der Waals surface area contributed by atoms with Gasteiger partial charge in [-0.2, -0.15) is 0 Å². The van der Waals surface area contributed by atoms with Crippen LogP contribution in [0.3, 0.4) is 0 Å². The summed E-state index contributed by atoms with van der Waals surface area (Å²) < 4.78 is 0. The molecule has 2 saturated carbocycles. The molecule has 0 amide bonds. The van der Waals surface area contributed by atoms with Crippen LogP contribution in [0.4, 0.5) is 0 Å². The first-order chi connectivity index (χ1) is 9.46. The first kappa shape index (κ1) is 14.0. The van der Waals surface area contributed by atoms with Gasteiger partial charge in [-0.05, 0) is 66.2 Å². The molecule has 2 aliphatic rings. The van der Waals surface area contributed by atoms with Gasteiger partial charge in [0.2, 0.25) is 0 Å². The molecule has 0 bridgehead atoms. The van der Waals surface area contributed by atoms with Gasteiger partial charge in [-0.1, -0.05) is 45.6 Å². The van der Waals surface area contributed by atoms with E-state index in [0.717, 1.165) is 5.56 Å². The van der Waals surface area contributed by atoms with Gasteiger partial charge in [0.05, 0.1) is 0 Å². The van der Waals surface area contributed by atoms with E-state index >= 15 is 0 Å². The lowest BCUT2D eigenvalue weighted by atomic mass is 9.69. The topological polar surface area (TPSA) is 20.2 Å². The summed E-state index contributed by atoms with van der Waals surface area (Å²) in [6.07, 6.45) is 10.5. The van der Waals surface area contributed by atoms with Gasteiger partial charge in [0.1, 0.15) is 5.75 Å². The summed E-state index contributed by atoms with van der Waals surface area (Å²) in [5.74, 6) is 0.485. The summed E-state index contributed by atoms with van der Waals surface area (Å²) in [4.78, 5) is 0. The molecule has 110 valence electrons. The second-order valence-electron chi connectivity index (χ2n) is 7.67. The molecule has 0 unspecified atom stereocenters. The van der Waals surface area contributed by atoms with Crippen molar-refractivity contribution in [3.63, 3.8) is 0 Å². The first-order valence-electron chi connectivity index (χ1n) is 8.30. The van der Waals surface area contributed by atoms with Crippen LogP contribution in [0.5, 0.6) is 5.75 Å². The summed E-state index contributed by atoms with van der Waals surface area (Å²) >= 11 is 0. The second-order valence-corrected chi connectivity index (χ2v) is 7.67. The van der Waals surface area contributed by atoms with Gasteiger partial charge >= 0.3 is 0 Å². The summed E-state index contributed by atoms with van der Waals surface area (Å²) in [5, 5.41) is 10.2. The SMILES string of the molecule is Cc1c(O)ccc(C2(C)CCCC2)c1C1(C)CCCC1. The average Bonchev–Trinajstić information content (AvgIpc) is 3.03. The van der Waals surface area contributed by atoms with Gasteiger partial charge in [-0.15, -0.1) is 0 Å². The van der Waals surface area contributed by atoms with Crippen molar-refractivity contribution in [2.45, 2.75) is 83.0 Å². The zero-order chi connectivity index (χ0) is 14.4. The van der Waals surface area contributed by atoms with Gasteiger partial charge in [0.15, 0.2) is 0 Å². The van der Waals surface area contributed by atoms with Crippen molar-refractivity contribution >= 4 is 0 Å². The number of phenols is 1. The molecule has 0 saturated heterocycles. The maximum absolute atomic E-state index is 10.2. The normalized spacial score (nSPS) is 24.1. The van der Waals surface area contributed by atoms with Crippen LogP contribution < -0.4 is 0 Å². The molecule has 0 aliphatic heterocycles. The fraction of sp³-hybridized carbons (Fsp3) is 0.684. The quantitative estimate of drug-likeness (QED) is 0.768. The lowest BCUT2D eigenvalue weighted by molar-refractivity contribution is 0.425. The molecule has 2 aliphatic carbocycles. The molecule has 1 nitrogen and oxygen atoms in total. The van der Waals surface area contributed by atoms with E-state index in [4.69, 9.17) is 0 Å². The van der Waals surface area contributed by atoms with Crippen LogP contribution in [-0.2, 0) is 10.8 Å². The minimum atomic E-state index is 0.282. The third kappa shape index (κ3) is 2.06. The molecule has 1 N–H and O–H groups in total. The monoisotopic (exact) mass is 272 g/mol. The Bertz CT molecular complexity index is 503. The lowest BCUT2D eigenvalue weighted by Gasteiger charge is -2.36. The van der Waals surface area contributed by atoms with Crippen LogP contribution >= 0.6 is 0 Å². The van der Waals surface area contributed by atoms with E-state index in [9.17, 15) is 5.11 Å². The molecule has 1 heteroatoms. The van der Waals surface area contributed by atoms with Crippen LogP contribution in [0.1, 0.15) is 81.9 Å². The zero-order valence-electron chi connectivity index (χ0n) is 13.3. The highest BCUT2D eigenvalue weighted by atomic mass is 16.3. The number of hydrogen-bond donors (Lipinski definition) is 1. The maximum atomic E-state index is 10.2. The Morgan fingerprint density at radius 1 is 0.850 bits per heavy atom. The van der Waals surface area contributed by atoms with E-state index in [2.05, 4.69) is 26.8 Å². The van der Waals surface area contributed by atoms with Crippen molar-refractivity contribution in [2.24, 2.45) is 0 Å². The lowest BCUT2D eigenvalue weighted by Crippen LogP contribution is -2.27. The molecule has 20 heavy (non-hydrogen) atoms. The third-order valence-electron chi connectivity index (χ3n) is 6.10. The van der Waals surface area contributed by atoms with Crippen LogP contribution in [-0.4, -0.2) is 5.11 Å². The van der Waals surface area contributed by atoms with Gasteiger partial charge < -0.3 is 5.11 Å². The molecule has 2 fully saturated rings. The van der Waals surface area contributed by atoms with E-state index in [1.807, 2.05) is 6.07 Å². The van der Waals surface area contributed by atoms with Crippen LogP contribution in [0, 0.1) is 6.92 Å². The predicted molar refractivity (Wildman–Crippen MR) is 84.5 cm³/mol. The Balaban J connectivity index is 2.17. The Labute approximate surface area is 123 Å². The van der Waals surface area contributed by atoms with Crippen molar-refractivity contribution in [1.29, 1.82) is 0 Å². The van der Waals surface area contributed by atoms with E-state index in [1.165, 1.54) is 62.5 Å². The highest BCUT2D eigenvalue weighted by molar-refractivity contribution is 5.51. The molecular formula is C19H28O. The minimum Gasteiger partial charge on any atom is -0.508 e. The largest absolute Gasteiger partial charge is 0.508 e. The van der Waals surface area contributed by atoms with Crippen molar-refractivity contribution in [2.75, 3.05) is 0 Å². The number of hydrogen-bond acceptors (Lipinski definition) is 1. The molecule has 0 heterocycles.